The fourth-order valence-electron chi connectivity index (χ4n) is 2.51. The second-order valence-electron chi connectivity index (χ2n) is 4.93. The lowest BCUT2D eigenvalue weighted by molar-refractivity contribution is -0.119. The Morgan fingerprint density at radius 3 is 2.48 bits per heavy atom. The Bertz CT molecular complexity index is 511. The zero-order chi connectivity index (χ0) is 15.6. The molecule has 2 rings (SSSR count). The maximum Gasteiger partial charge on any atom is 0.290 e. The minimum atomic E-state index is -3.43. The number of rotatable bonds is 4. The van der Waals surface area contributed by atoms with Crippen LogP contribution in [0.25, 0.3) is 0 Å². The maximum atomic E-state index is 14.2. The van der Waals surface area contributed by atoms with Gasteiger partial charge in [-0.25, -0.2) is 8.78 Å². The van der Waals surface area contributed by atoms with Gasteiger partial charge in [0.2, 0.25) is 0 Å². The number of hydrogen-bond acceptors (Lipinski definition) is 4. The molecule has 0 saturated carbocycles. The second-order valence-corrected chi connectivity index (χ2v) is 5.78. The number of hydrogen-bond donors (Lipinski definition) is 3. The van der Waals surface area contributed by atoms with Crippen molar-refractivity contribution >= 4 is 23.2 Å². The highest BCUT2D eigenvalue weighted by atomic mass is 35.5. The maximum absolute atomic E-state index is 14.2. The van der Waals surface area contributed by atoms with Crippen LogP contribution in [0.5, 0.6) is 5.75 Å². The molecule has 0 unspecified atom stereocenters. The van der Waals surface area contributed by atoms with Crippen LogP contribution in [0.2, 0.25) is 10.0 Å². The van der Waals surface area contributed by atoms with Gasteiger partial charge < -0.3 is 15.5 Å². The van der Waals surface area contributed by atoms with Crippen LogP contribution in [0.3, 0.4) is 0 Å². The lowest BCUT2D eigenvalue weighted by Crippen LogP contribution is -2.51. The summed E-state index contributed by atoms with van der Waals surface area (Å²) in [6, 6.07) is 1.06. The van der Waals surface area contributed by atoms with E-state index >= 15 is 0 Å². The number of nitrogens with one attached hydrogen (secondary N) is 1. The fraction of sp³-hybridized carbons (Fsp3) is 0.538. The van der Waals surface area contributed by atoms with Crippen LogP contribution < -0.4 is 5.32 Å². The van der Waals surface area contributed by atoms with E-state index < -0.39 is 24.3 Å². The molecule has 3 N–H and O–H groups in total. The summed E-state index contributed by atoms with van der Waals surface area (Å²) < 4.78 is 28.4. The van der Waals surface area contributed by atoms with Crippen molar-refractivity contribution in [2.45, 2.75) is 12.0 Å². The molecule has 0 radical (unpaired) electrons. The molecule has 0 amide bonds. The number of alkyl halides is 2. The van der Waals surface area contributed by atoms with Crippen LogP contribution in [0.1, 0.15) is 11.6 Å². The van der Waals surface area contributed by atoms with E-state index in [0.717, 1.165) is 0 Å². The number of phenolic OH excluding ortho intramolecular Hbond substituents is 1. The first-order valence-corrected chi connectivity index (χ1v) is 7.24. The third-order valence-electron chi connectivity index (χ3n) is 3.48. The largest absolute Gasteiger partial charge is 0.506 e. The molecule has 8 heteroatoms. The summed E-state index contributed by atoms with van der Waals surface area (Å²) >= 11 is 11.7. The number of nitrogens with zero attached hydrogens (tertiary/aromatic N) is 1. The highest BCUT2D eigenvalue weighted by Gasteiger charge is 2.45. The second kappa shape index (κ2) is 6.62. The summed E-state index contributed by atoms with van der Waals surface area (Å²) in [6.07, 6.45) is 0. The Morgan fingerprint density at radius 1 is 1.29 bits per heavy atom. The van der Waals surface area contributed by atoms with Crippen molar-refractivity contribution in [1.82, 2.24) is 10.2 Å². The van der Waals surface area contributed by atoms with E-state index in [-0.39, 0.29) is 15.6 Å². The zero-order valence-corrected chi connectivity index (χ0v) is 12.6. The number of phenols is 1. The zero-order valence-electron chi connectivity index (χ0n) is 11.1. The van der Waals surface area contributed by atoms with Gasteiger partial charge in [0.25, 0.3) is 5.92 Å². The quantitative estimate of drug-likeness (QED) is 0.787. The molecule has 0 bridgehead atoms. The molecule has 0 aromatic heterocycles. The first kappa shape index (κ1) is 16.7. The molecule has 1 aromatic rings. The van der Waals surface area contributed by atoms with Crippen molar-refractivity contribution < 1.29 is 19.0 Å². The highest BCUT2D eigenvalue weighted by Crippen LogP contribution is 2.43. The van der Waals surface area contributed by atoms with Crippen molar-refractivity contribution in [3.05, 3.63) is 27.7 Å². The van der Waals surface area contributed by atoms with Gasteiger partial charge in [0, 0.05) is 36.8 Å². The van der Waals surface area contributed by atoms with Crippen molar-refractivity contribution in [3.8, 4) is 5.75 Å². The molecule has 1 fully saturated rings. The fourth-order valence-corrected chi connectivity index (χ4v) is 3.02. The minimum absolute atomic E-state index is 0.0755. The minimum Gasteiger partial charge on any atom is -0.506 e. The number of piperazine rings is 1. The monoisotopic (exact) mass is 340 g/mol. The van der Waals surface area contributed by atoms with E-state index in [1.807, 2.05) is 0 Å². The summed E-state index contributed by atoms with van der Waals surface area (Å²) in [5.74, 6) is -3.86. The van der Waals surface area contributed by atoms with Crippen molar-refractivity contribution in [1.29, 1.82) is 0 Å². The van der Waals surface area contributed by atoms with Crippen molar-refractivity contribution in [2.24, 2.45) is 0 Å². The van der Waals surface area contributed by atoms with E-state index in [1.54, 1.807) is 0 Å². The van der Waals surface area contributed by atoms with Crippen LogP contribution in [0, 0.1) is 0 Å². The molecule has 0 spiro atoms. The normalized spacial score (nSPS) is 18.7. The molecule has 1 atom stereocenters. The van der Waals surface area contributed by atoms with Gasteiger partial charge in [0.05, 0.1) is 5.02 Å². The number of benzene rings is 1. The predicted molar refractivity (Wildman–Crippen MR) is 77.3 cm³/mol. The summed E-state index contributed by atoms with van der Waals surface area (Å²) in [5.41, 5.74) is -0.0755. The van der Waals surface area contributed by atoms with Gasteiger partial charge >= 0.3 is 0 Å². The highest BCUT2D eigenvalue weighted by molar-refractivity contribution is 6.35. The smallest absolute Gasteiger partial charge is 0.290 e. The van der Waals surface area contributed by atoms with Gasteiger partial charge in [0.1, 0.15) is 18.4 Å². The van der Waals surface area contributed by atoms with Gasteiger partial charge in [-0.3, -0.25) is 4.90 Å². The molecular formula is C13H16Cl2F2N2O2. The summed E-state index contributed by atoms with van der Waals surface area (Å²) in [5, 5.41) is 22.2. The van der Waals surface area contributed by atoms with Gasteiger partial charge in [-0.2, -0.15) is 0 Å². The lowest BCUT2D eigenvalue weighted by Gasteiger charge is -2.39. The first-order valence-electron chi connectivity index (χ1n) is 6.48. The van der Waals surface area contributed by atoms with E-state index in [4.69, 9.17) is 28.3 Å². The SMILES string of the molecule is OCC(F)(F)[C@@H](c1cc(Cl)cc(Cl)c1O)N1CCNCC1. The average molecular weight is 341 g/mol. The molecule has 118 valence electrons. The number of aliphatic hydroxyl groups excluding tert-OH is 1. The van der Waals surface area contributed by atoms with Gasteiger partial charge in [-0.05, 0) is 12.1 Å². The number of aromatic hydroxyl groups is 1. The lowest BCUT2D eigenvalue weighted by atomic mass is 9.97. The Labute approximate surface area is 131 Å². The number of halogens is 4. The summed E-state index contributed by atoms with van der Waals surface area (Å²) in [4.78, 5) is 1.51. The van der Waals surface area contributed by atoms with E-state index in [9.17, 15) is 13.9 Å². The molecule has 1 aliphatic heterocycles. The van der Waals surface area contributed by atoms with E-state index in [1.165, 1.54) is 17.0 Å². The topological polar surface area (TPSA) is 55.7 Å². The Balaban J connectivity index is 2.49. The standard InChI is InChI=1S/C13H16Cl2F2N2O2/c14-8-5-9(11(21)10(15)6-8)12(13(16,17)7-20)19-3-1-18-2-4-19/h5-6,12,18,20-21H,1-4,7H2/t12-/m1/s1. The molecular weight excluding hydrogens is 325 g/mol. The van der Waals surface area contributed by atoms with Crippen LogP contribution >= 0.6 is 23.2 Å². The van der Waals surface area contributed by atoms with Crippen molar-refractivity contribution in [2.75, 3.05) is 32.8 Å². The van der Waals surface area contributed by atoms with Crippen LogP contribution in [-0.2, 0) is 0 Å². The molecule has 1 aromatic carbocycles. The summed E-state index contributed by atoms with van der Waals surface area (Å²) in [7, 11) is 0. The molecule has 0 aliphatic carbocycles. The van der Waals surface area contributed by atoms with E-state index in [2.05, 4.69) is 5.32 Å². The Kier molecular flexibility index (Phi) is 5.27. The summed E-state index contributed by atoms with van der Waals surface area (Å²) in [6.45, 7) is 0.499. The Hall–Kier alpha value is -0.660. The predicted octanol–water partition coefficient (Wildman–Crippen LogP) is 2.27. The molecule has 4 nitrogen and oxygen atoms in total. The third-order valence-corrected chi connectivity index (χ3v) is 3.99. The van der Waals surface area contributed by atoms with Crippen molar-refractivity contribution in [3.63, 3.8) is 0 Å². The molecule has 1 heterocycles. The van der Waals surface area contributed by atoms with Crippen LogP contribution in [0.15, 0.2) is 12.1 Å². The van der Waals surface area contributed by atoms with E-state index in [0.29, 0.717) is 26.2 Å². The molecule has 1 saturated heterocycles. The van der Waals surface area contributed by atoms with Crippen LogP contribution in [0.4, 0.5) is 8.78 Å². The number of aliphatic hydroxyl groups is 1. The Morgan fingerprint density at radius 2 is 1.90 bits per heavy atom. The van der Waals surface area contributed by atoms with Crippen LogP contribution in [-0.4, -0.2) is 53.8 Å². The van der Waals surface area contributed by atoms with Gasteiger partial charge in [-0.1, -0.05) is 23.2 Å². The third kappa shape index (κ3) is 3.57. The first-order chi connectivity index (χ1) is 9.86. The average Bonchev–Trinajstić information content (AvgIpc) is 2.45. The molecule has 21 heavy (non-hydrogen) atoms. The molecule has 1 aliphatic rings. The van der Waals surface area contributed by atoms with Gasteiger partial charge in [-0.15, -0.1) is 0 Å². The van der Waals surface area contributed by atoms with Gasteiger partial charge in [0.15, 0.2) is 0 Å².